The molecule has 25 heavy (non-hydrogen) atoms. The van der Waals surface area contributed by atoms with E-state index in [2.05, 4.69) is 36.5 Å². The Hall–Kier alpha value is -2.04. The maximum absolute atomic E-state index is 12.8. The Morgan fingerprint density at radius 3 is 2.60 bits per heavy atom. The van der Waals surface area contributed by atoms with Crippen LogP contribution >= 0.6 is 22.9 Å². The zero-order valence-electron chi connectivity index (χ0n) is 14.4. The highest BCUT2D eigenvalue weighted by Gasteiger charge is 2.21. The maximum Gasteiger partial charge on any atom is 0.265 e. The van der Waals surface area contributed by atoms with Crippen LogP contribution in [-0.4, -0.2) is 13.0 Å². The Labute approximate surface area is 156 Å². The third-order valence-corrected chi connectivity index (χ3v) is 5.62. The van der Waals surface area contributed by atoms with Crippen molar-refractivity contribution in [2.45, 2.75) is 26.3 Å². The molecule has 1 heterocycles. The van der Waals surface area contributed by atoms with Gasteiger partial charge in [0.2, 0.25) is 0 Å². The SMILES string of the molecule is CCc1ccc([C@@H](C)NC(=O)c2sc3cc(Cl)ccc3c2OC)cc1. The molecule has 3 nitrogen and oxygen atoms in total. The summed E-state index contributed by atoms with van der Waals surface area (Å²) >= 11 is 7.45. The first-order valence-electron chi connectivity index (χ1n) is 8.19. The zero-order valence-corrected chi connectivity index (χ0v) is 16.0. The fourth-order valence-electron chi connectivity index (χ4n) is 2.79. The first-order valence-corrected chi connectivity index (χ1v) is 9.38. The number of carbonyl (C=O) groups excluding carboxylic acids is 1. The molecule has 2 aromatic carbocycles. The summed E-state index contributed by atoms with van der Waals surface area (Å²) in [5.41, 5.74) is 2.36. The summed E-state index contributed by atoms with van der Waals surface area (Å²) in [6.07, 6.45) is 1.00. The lowest BCUT2D eigenvalue weighted by molar-refractivity contribution is 0.0941. The van der Waals surface area contributed by atoms with Crippen LogP contribution in [0.3, 0.4) is 0 Å². The first-order chi connectivity index (χ1) is 12.0. The number of benzene rings is 2. The number of rotatable bonds is 5. The molecule has 1 amide bonds. The molecule has 0 unspecified atom stereocenters. The molecular formula is C20H20ClNO2S. The van der Waals surface area contributed by atoms with Gasteiger partial charge in [0.05, 0.1) is 13.2 Å². The number of hydrogen-bond acceptors (Lipinski definition) is 3. The minimum atomic E-state index is -0.138. The highest BCUT2D eigenvalue weighted by atomic mass is 35.5. The lowest BCUT2D eigenvalue weighted by Crippen LogP contribution is -2.26. The van der Waals surface area contributed by atoms with Crippen LogP contribution in [-0.2, 0) is 6.42 Å². The fraction of sp³-hybridized carbons (Fsp3) is 0.250. The van der Waals surface area contributed by atoms with Crippen molar-refractivity contribution in [1.29, 1.82) is 0 Å². The first kappa shape index (κ1) is 17.8. The molecule has 3 rings (SSSR count). The molecule has 0 bridgehead atoms. The summed E-state index contributed by atoms with van der Waals surface area (Å²) in [6.45, 7) is 4.11. The van der Waals surface area contributed by atoms with Crippen LogP contribution in [0, 0.1) is 0 Å². The van der Waals surface area contributed by atoms with Crippen LogP contribution in [0.5, 0.6) is 5.75 Å². The molecule has 0 saturated heterocycles. The molecule has 5 heteroatoms. The van der Waals surface area contributed by atoms with E-state index in [1.54, 1.807) is 13.2 Å². The summed E-state index contributed by atoms with van der Waals surface area (Å²) in [5, 5.41) is 4.61. The van der Waals surface area contributed by atoms with Crippen LogP contribution in [0.2, 0.25) is 5.02 Å². The number of halogens is 1. The summed E-state index contributed by atoms with van der Waals surface area (Å²) in [6, 6.07) is 13.8. The van der Waals surface area contributed by atoms with Crippen molar-refractivity contribution in [2.24, 2.45) is 0 Å². The van der Waals surface area contributed by atoms with Crippen LogP contribution in [0.4, 0.5) is 0 Å². The Kier molecular flexibility index (Phi) is 5.30. The number of thiophene rings is 1. The molecule has 130 valence electrons. The normalized spacial score (nSPS) is 12.2. The molecule has 1 atom stereocenters. The van der Waals surface area contributed by atoms with Gasteiger partial charge in [0.1, 0.15) is 10.6 Å². The van der Waals surface area contributed by atoms with Crippen molar-refractivity contribution in [3.8, 4) is 5.75 Å². The highest BCUT2D eigenvalue weighted by Crippen LogP contribution is 2.39. The topological polar surface area (TPSA) is 38.3 Å². The number of methoxy groups -OCH3 is 1. The molecule has 1 N–H and O–H groups in total. The second-order valence-electron chi connectivity index (χ2n) is 5.90. The van der Waals surface area contributed by atoms with Gasteiger partial charge >= 0.3 is 0 Å². The predicted octanol–water partition coefficient (Wildman–Crippen LogP) is 5.62. The number of ether oxygens (including phenoxy) is 1. The standard InChI is InChI=1S/C20H20ClNO2S/c1-4-13-5-7-14(8-6-13)12(2)22-20(23)19-18(24-3)16-10-9-15(21)11-17(16)25-19/h5-12H,4H2,1-3H3,(H,22,23)/t12-/m1/s1. The van der Waals surface area contributed by atoms with E-state index in [9.17, 15) is 4.79 Å². The van der Waals surface area contributed by atoms with E-state index >= 15 is 0 Å². The van der Waals surface area contributed by atoms with E-state index in [4.69, 9.17) is 16.3 Å². The molecule has 0 radical (unpaired) electrons. The largest absolute Gasteiger partial charge is 0.494 e. The number of amides is 1. The Morgan fingerprint density at radius 1 is 1.24 bits per heavy atom. The van der Waals surface area contributed by atoms with Crippen LogP contribution < -0.4 is 10.1 Å². The van der Waals surface area contributed by atoms with Crippen LogP contribution in [0.15, 0.2) is 42.5 Å². The summed E-state index contributed by atoms with van der Waals surface area (Å²) in [7, 11) is 1.58. The van der Waals surface area contributed by atoms with Gasteiger partial charge in [-0.15, -0.1) is 11.3 Å². The van der Waals surface area contributed by atoms with Crippen molar-refractivity contribution in [1.82, 2.24) is 5.32 Å². The maximum atomic E-state index is 12.8. The molecule has 0 aliphatic rings. The van der Waals surface area contributed by atoms with Crippen molar-refractivity contribution < 1.29 is 9.53 Å². The Bertz CT molecular complexity index is 902. The van der Waals surface area contributed by atoms with Gasteiger partial charge < -0.3 is 10.1 Å². The van der Waals surface area contributed by atoms with Gasteiger partial charge in [0, 0.05) is 15.1 Å². The average molecular weight is 374 g/mol. The number of aryl methyl sites for hydroxylation is 1. The average Bonchev–Trinajstić information content (AvgIpc) is 2.99. The second-order valence-corrected chi connectivity index (χ2v) is 7.38. The lowest BCUT2D eigenvalue weighted by Gasteiger charge is -2.14. The van der Waals surface area contributed by atoms with Crippen molar-refractivity contribution >= 4 is 38.9 Å². The van der Waals surface area contributed by atoms with Gasteiger partial charge in [-0.2, -0.15) is 0 Å². The number of carbonyl (C=O) groups is 1. The van der Waals surface area contributed by atoms with E-state index in [1.807, 2.05) is 19.1 Å². The quantitative estimate of drug-likeness (QED) is 0.630. The highest BCUT2D eigenvalue weighted by molar-refractivity contribution is 7.21. The van der Waals surface area contributed by atoms with Gasteiger partial charge in [-0.05, 0) is 42.7 Å². The number of hydrogen-bond donors (Lipinski definition) is 1. The zero-order chi connectivity index (χ0) is 18.0. The second kappa shape index (κ2) is 7.46. The summed E-state index contributed by atoms with van der Waals surface area (Å²) < 4.78 is 6.42. The van der Waals surface area contributed by atoms with Gasteiger partial charge in [-0.1, -0.05) is 42.8 Å². The molecule has 3 aromatic rings. The fourth-order valence-corrected chi connectivity index (χ4v) is 4.14. The molecular weight excluding hydrogens is 354 g/mol. The third kappa shape index (κ3) is 3.65. The van der Waals surface area contributed by atoms with E-state index in [-0.39, 0.29) is 11.9 Å². The van der Waals surface area contributed by atoms with Crippen LogP contribution in [0.1, 0.15) is 40.7 Å². The molecule has 0 saturated carbocycles. The number of fused-ring (bicyclic) bond motifs is 1. The smallest absolute Gasteiger partial charge is 0.265 e. The minimum absolute atomic E-state index is 0.0862. The Morgan fingerprint density at radius 2 is 1.96 bits per heavy atom. The van der Waals surface area contributed by atoms with Crippen LogP contribution in [0.25, 0.3) is 10.1 Å². The third-order valence-electron chi connectivity index (χ3n) is 4.25. The summed E-state index contributed by atoms with van der Waals surface area (Å²) in [5.74, 6) is 0.462. The van der Waals surface area contributed by atoms with Gasteiger partial charge in [-0.3, -0.25) is 4.79 Å². The van der Waals surface area contributed by atoms with Gasteiger partial charge in [0.15, 0.2) is 0 Å². The van der Waals surface area contributed by atoms with E-state index in [0.29, 0.717) is 15.6 Å². The monoisotopic (exact) mass is 373 g/mol. The molecule has 1 aromatic heterocycles. The number of nitrogens with one attached hydrogen (secondary N) is 1. The summed E-state index contributed by atoms with van der Waals surface area (Å²) in [4.78, 5) is 13.3. The minimum Gasteiger partial charge on any atom is -0.494 e. The predicted molar refractivity (Wildman–Crippen MR) is 105 cm³/mol. The van der Waals surface area contributed by atoms with Crippen molar-refractivity contribution in [2.75, 3.05) is 7.11 Å². The molecule has 0 aliphatic heterocycles. The lowest BCUT2D eigenvalue weighted by atomic mass is 10.0. The molecule has 0 aliphatic carbocycles. The molecule has 0 fully saturated rings. The van der Waals surface area contributed by atoms with E-state index in [0.717, 1.165) is 22.1 Å². The van der Waals surface area contributed by atoms with Gasteiger partial charge in [-0.25, -0.2) is 0 Å². The van der Waals surface area contributed by atoms with Gasteiger partial charge in [0.25, 0.3) is 5.91 Å². The Balaban J connectivity index is 1.86. The molecule has 0 spiro atoms. The van der Waals surface area contributed by atoms with E-state index in [1.165, 1.54) is 16.9 Å². The van der Waals surface area contributed by atoms with Crippen molar-refractivity contribution in [3.05, 3.63) is 63.5 Å². The van der Waals surface area contributed by atoms with Crippen molar-refractivity contribution in [3.63, 3.8) is 0 Å². The van der Waals surface area contributed by atoms with E-state index < -0.39 is 0 Å².